The average Bonchev–Trinajstić information content (AvgIpc) is 3.00. The molecule has 142 valence electrons. The molecule has 0 aliphatic rings. The van der Waals surface area contributed by atoms with Gasteiger partial charge in [-0.25, -0.2) is 0 Å². The normalized spacial score (nSPS) is 11.1. The van der Waals surface area contributed by atoms with E-state index in [-0.39, 0.29) is 11.5 Å². The highest BCUT2D eigenvalue weighted by atomic mass is 16.5. The van der Waals surface area contributed by atoms with Gasteiger partial charge in [0.2, 0.25) is 0 Å². The maximum atomic E-state index is 13.1. The maximum absolute atomic E-state index is 13.1. The molecule has 0 saturated heterocycles. The zero-order chi connectivity index (χ0) is 19.8. The number of hydrogen-bond donors (Lipinski definition) is 1. The Bertz CT molecular complexity index is 1250. The number of nitrogens with one attached hydrogen (secondary N) is 1. The summed E-state index contributed by atoms with van der Waals surface area (Å²) in [5, 5.41) is 4.48. The highest BCUT2D eigenvalue weighted by Gasteiger charge is 2.20. The van der Waals surface area contributed by atoms with E-state index in [2.05, 4.69) is 5.32 Å². The molecule has 28 heavy (non-hydrogen) atoms. The van der Waals surface area contributed by atoms with E-state index in [9.17, 15) is 9.59 Å². The van der Waals surface area contributed by atoms with Crippen LogP contribution in [0, 0.1) is 0 Å². The van der Waals surface area contributed by atoms with Crippen LogP contribution in [0.25, 0.3) is 21.8 Å². The van der Waals surface area contributed by atoms with Crippen molar-refractivity contribution in [3.8, 4) is 5.75 Å². The van der Waals surface area contributed by atoms with Crippen LogP contribution in [-0.4, -0.2) is 21.6 Å². The Kier molecular flexibility index (Phi) is 4.39. The molecule has 0 radical (unpaired) electrons. The average molecular weight is 375 g/mol. The molecule has 6 nitrogen and oxygen atoms in total. The molecule has 0 bridgehead atoms. The number of anilines is 1. The molecule has 0 unspecified atom stereocenters. The summed E-state index contributed by atoms with van der Waals surface area (Å²) in [5.74, 6) is 0.486. The largest absolute Gasteiger partial charge is 0.494 e. The van der Waals surface area contributed by atoms with Crippen molar-refractivity contribution in [1.29, 1.82) is 0 Å². The van der Waals surface area contributed by atoms with Crippen molar-refractivity contribution >= 4 is 33.4 Å². The molecule has 2 aromatic heterocycles. The second-order valence-corrected chi connectivity index (χ2v) is 6.67. The van der Waals surface area contributed by atoms with Crippen molar-refractivity contribution in [3.05, 3.63) is 70.6 Å². The number of carbonyl (C=O) groups is 1. The van der Waals surface area contributed by atoms with Crippen molar-refractivity contribution in [2.24, 2.45) is 14.1 Å². The summed E-state index contributed by atoms with van der Waals surface area (Å²) in [6.45, 7) is 2.51. The van der Waals surface area contributed by atoms with Crippen LogP contribution in [0.3, 0.4) is 0 Å². The summed E-state index contributed by atoms with van der Waals surface area (Å²) in [4.78, 5) is 25.8. The zero-order valence-electron chi connectivity index (χ0n) is 16.0. The number of rotatable bonds is 4. The van der Waals surface area contributed by atoms with Gasteiger partial charge in [0.05, 0.1) is 12.2 Å². The van der Waals surface area contributed by atoms with Gasteiger partial charge in [-0.1, -0.05) is 18.2 Å². The topological polar surface area (TPSA) is 65.3 Å². The Hall–Kier alpha value is -3.54. The fourth-order valence-corrected chi connectivity index (χ4v) is 3.57. The van der Waals surface area contributed by atoms with Crippen LogP contribution in [-0.2, 0) is 14.1 Å². The molecular formula is C22H21N3O3. The van der Waals surface area contributed by atoms with E-state index in [4.69, 9.17) is 4.74 Å². The number of benzene rings is 2. The quantitative estimate of drug-likeness (QED) is 0.592. The number of amides is 1. The van der Waals surface area contributed by atoms with Crippen LogP contribution in [0.1, 0.15) is 17.3 Å². The summed E-state index contributed by atoms with van der Waals surface area (Å²) < 4.78 is 8.74. The molecule has 6 heteroatoms. The van der Waals surface area contributed by atoms with E-state index in [1.54, 1.807) is 25.4 Å². The molecule has 0 saturated carbocycles. The second kappa shape index (κ2) is 6.88. The summed E-state index contributed by atoms with van der Waals surface area (Å²) in [6.07, 6.45) is 1.60. The van der Waals surface area contributed by atoms with E-state index in [1.165, 1.54) is 4.57 Å². The Balaban J connectivity index is 1.84. The number of aryl methyl sites for hydroxylation is 2. The SMILES string of the molecule is CCOc1ccc(NC(=O)c2cn(C)c(=O)c3c2c2ccccc2n3C)cc1. The fourth-order valence-electron chi connectivity index (χ4n) is 3.57. The van der Waals surface area contributed by atoms with Gasteiger partial charge in [-0.05, 0) is 37.3 Å². The van der Waals surface area contributed by atoms with Crippen LogP contribution in [0.5, 0.6) is 5.75 Å². The minimum Gasteiger partial charge on any atom is -0.494 e. The van der Waals surface area contributed by atoms with Gasteiger partial charge in [-0.3, -0.25) is 9.59 Å². The minimum atomic E-state index is -0.263. The summed E-state index contributed by atoms with van der Waals surface area (Å²) in [7, 11) is 3.51. The molecule has 0 aliphatic carbocycles. The van der Waals surface area contributed by atoms with E-state index < -0.39 is 0 Å². The molecule has 2 heterocycles. The molecule has 1 amide bonds. The van der Waals surface area contributed by atoms with Crippen molar-refractivity contribution in [1.82, 2.24) is 9.13 Å². The van der Waals surface area contributed by atoms with E-state index >= 15 is 0 Å². The van der Waals surface area contributed by atoms with Gasteiger partial charge in [0, 0.05) is 42.3 Å². The third-order valence-electron chi connectivity index (χ3n) is 4.89. The van der Waals surface area contributed by atoms with Gasteiger partial charge in [-0.2, -0.15) is 0 Å². The highest BCUT2D eigenvalue weighted by Crippen LogP contribution is 2.29. The van der Waals surface area contributed by atoms with Crippen LogP contribution >= 0.6 is 0 Å². The molecule has 1 N–H and O–H groups in total. The summed E-state index contributed by atoms with van der Waals surface area (Å²) in [6, 6.07) is 14.9. The van der Waals surface area contributed by atoms with Crippen molar-refractivity contribution in [2.45, 2.75) is 6.92 Å². The lowest BCUT2D eigenvalue weighted by molar-refractivity contribution is 0.102. The van der Waals surface area contributed by atoms with Gasteiger partial charge in [0.1, 0.15) is 11.3 Å². The number of pyridine rings is 1. The highest BCUT2D eigenvalue weighted by molar-refractivity contribution is 6.20. The third-order valence-corrected chi connectivity index (χ3v) is 4.89. The lowest BCUT2D eigenvalue weighted by Gasteiger charge is -2.10. The fraction of sp³-hybridized carbons (Fsp3) is 0.182. The Labute approximate surface area is 162 Å². The summed E-state index contributed by atoms with van der Waals surface area (Å²) >= 11 is 0. The third kappa shape index (κ3) is 2.83. The number of ether oxygens (including phenoxy) is 1. The smallest absolute Gasteiger partial charge is 0.274 e. The first-order valence-corrected chi connectivity index (χ1v) is 9.12. The zero-order valence-corrected chi connectivity index (χ0v) is 16.0. The lowest BCUT2D eigenvalue weighted by Crippen LogP contribution is -2.22. The van der Waals surface area contributed by atoms with Crippen molar-refractivity contribution in [2.75, 3.05) is 11.9 Å². The van der Waals surface area contributed by atoms with Gasteiger partial charge in [0.15, 0.2) is 0 Å². The van der Waals surface area contributed by atoms with Crippen LogP contribution in [0.2, 0.25) is 0 Å². The number of nitrogens with zero attached hydrogens (tertiary/aromatic N) is 2. The predicted molar refractivity (Wildman–Crippen MR) is 111 cm³/mol. The molecule has 0 aliphatic heterocycles. The standard InChI is InChI=1S/C22H21N3O3/c1-4-28-15-11-9-14(10-12-15)23-21(26)17-13-24(2)22(27)20-19(17)16-7-5-6-8-18(16)25(20)3/h5-13H,4H2,1-3H3,(H,23,26). The molecule has 4 aromatic rings. The first-order valence-electron chi connectivity index (χ1n) is 9.12. The molecule has 4 rings (SSSR count). The van der Waals surface area contributed by atoms with E-state index in [1.807, 2.05) is 54.9 Å². The van der Waals surface area contributed by atoms with Crippen LogP contribution in [0.15, 0.2) is 59.5 Å². The first-order chi connectivity index (χ1) is 13.5. The Morgan fingerprint density at radius 2 is 1.79 bits per heavy atom. The van der Waals surface area contributed by atoms with E-state index in [0.29, 0.717) is 28.8 Å². The Morgan fingerprint density at radius 1 is 1.07 bits per heavy atom. The van der Waals surface area contributed by atoms with Gasteiger partial charge < -0.3 is 19.2 Å². The number of fused-ring (bicyclic) bond motifs is 3. The van der Waals surface area contributed by atoms with Crippen LogP contribution < -0.4 is 15.6 Å². The van der Waals surface area contributed by atoms with Crippen LogP contribution in [0.4, 0.5) is 5.69 Å². The number of hydrogen-bond acceptors (Lipinski definition) is 3. The van der Waals surface area contributed by atoms with Gasteiger partial charge in [-0.15, -0.1) is 0 Å². The second-order valence-electron chi connectivity index (χ2n) is 6.67. The minimum absolute atomic E-state index is 0.133. The molecule has 0 fully saturated rings. The van der Waals surface area contributed by atoms with Crippen molar-refractivity contribution in [3.63, 3.8) is 0 Å². The molecule has 2 aromatic carbocycles. The summed E-state index contributed by atoms with van der Waals surface area (Å²) in [5.41, 5.74) is 2.42. The van der Waals surface area contributed by atoms with E-state index in [0.717, 1.165) is 16.7 Å². The predicted octanol–water partition coefficient (Wildman–Crippen LogP) is 3.68. The monoisotopic (exact) mass is 375 g/mol. The van der Waals surface area contributed by atoms with Gasteiger partial charge >= 0.3 is 0 Å². The molecule has 0 spiro atoms. The molecular weight excluding hydrogens is 354 g/mol. The number of carbonyl (C=O) groups excluding carboxylic acids is 1. The Morgan fingerprint density at radius 3 is 2.50 bits per heavy atom. The first kappa shape index (κ1) is 17.9. The maximum Gasteiger partial charge on any atom is 0.274 e. The lowest BCUT2D eigenvalue weighted by atomic mass is 10.1. The van der Waals surface area contributed by atoms with Crippen molar-refractivity contribution < 1.29 is 9.53 Å². The number of aromatic nitrogens is 2. The van der Waals surface area contributed by atoms with Gasteiger partial charge in [0.25, 0.3) is 11.5 Å². The number of para-hydroxylation sites is 1. The molecule has 0 atom stereocenters.